The second-order valence-electron chi connectivity index (χ2n) is 8.80. The third kappa shape index (κ3) is 3.61. The Hall–Kier alpha value is -3.81. The third-order valence-electron chi connectivity index (χ3n) is 6.00. The number of nitrogens with zero attached hydrogens (tertiary/aromatic N) is 3. The molecule has 3 aromatic rings. The van der Waals surface area contributed by atoms with Gasteiger partial charge in [-0.1, -0.05) is 19.0 Å². The summed E-state index contributed by atoms with van der Waals surface area (Å²) in [7, 11) is 0. The lowest BCUT2D eigenvalue weighted by Gasteiger charge is -2.26. The normalized spacial score (nSPS) is 15.3. The summed E-state index contributed by atoms with van der Waals surface area (Å²) in [5, 5.41) is 4.13. The van der Waals surface area contributed by atoms with Crippen molar-refractivity contribution in [3.8, 4) is 11.3 Å². The van der Waals surface area contributed by atoms with Gasteiger partial charge in [-0.15, -0.1) is 0 Å². The molecule has 3 heterocycles. The van der Waals surface area contributed by atoms with Gasteiger partial charge in [-0.25, -0.2) is 4.39 Å². The Kier molecular flexibility index (Phi) is 5.08. The summed E-state index contributed by atoms with van der Waals surface area (Å²) in [4.78, 5) is 41.6. The topological polar surface area (TPSA) is 83.7 Å². The zero-order valence-corrected chi connectivity index (χ0v) is 18.3. The van der Waals surface area contributed by atoms with Gasteiger partial charge in [0, 0.05) is 36.2 Å². The highest BCUT2D eigenvalue weighted by molar-refractivity contribution is 6.22. The lowest BCUT2D eigenvalue weighted by Crippen LogP contribution is -2.36. The SMILES string of the molecule is CC(C)CN1C(=O)c2ccc(C(=O)N3CCc4noc(-c5ccc(F)cc5)c4C3)cc2C1=O. The van der Waals surface area contributed by atoms with Crippen molar-refractivity contribution in [3.05, 3.63) is 76.2 Å². The number of benzene rings is 2. The fourth-order valence-corrected chi connectivity index (χ4v) is 4.35. The minimum absolute atomic E-state index is 0.148. The molecule has 0 bridgehead atoms. The average molecular weight is 447 g/mol. The van der Waals surface area contributed by atoms with Crippen molar-refractivity contribution in [1.29, 1.82) is 0 Å². The molecule has 8 heteroatoms. The summed E-state index contributed by atoms with van der Waals surface area (Å²) >= 11 is 0. The molecule has 0 radical (unpaired) electrons. The van der Waals surface area contributed by atoms with E-state index in [0.717, 1.165) is 11.3 Å². The van der Waals surface area contributed by atoms with Crippen LogP contribution in [0.25, 0.3) is 11.3 Å². The Morgan fingerprint density at radius 2 is 1.82 bits per heavy atom. The molecular formula is C25H22FN3O4. The predicted octanol–water partition coefficient (Wildman–Crippen LogP) is 3.93. The Morgan fingerprint density at radius 1 is 1.09 bits per heavy atom. The largest absolute Gasteiger partial charge is 0.356 e. The van der Waals surface area contributed by atoms with Crippen molar-refractivity contribution >= 4 is 17.7 Å². The maximum atomic E-state index is 13.3. The molecule has 168 valence electrons. The summed E-state index contributed by atoms with van der Waals surface area (Å²) in [6, 6.07) is 10.6. The Bertz CT molecular complexity index is 1280. The lowest BCUT2D eigenvalue weighted by atomic mass is 10.00. The van der Waals surface area contributed by atoms with Crippen LogP contribution in [0.1, 0.15) is 56.2 Å². The van der Waals surface area contributed by atoms with Gasteiger partial charge in [0.15, 0.2) is 5.76 Å². The average Bonchev–Trinajstić information content (AvgIpc) is 3.33. The third-order valence-corrected chi connectivity index (χ3v) is 6.00. The van der Waals surface area contributed by atoms with E-state index in [2.05, 4.69) is 5.16 Å². The molecule has 0 unspecified atom stereocenters. The van der Waals surface area contributed by atoms with Gasteiger partial charge in [-0.2, -0.15) is 0 Å². The van der Waals surface area contributed by atoms with Crippen molar-refractivity contribution in [2.24, 2.45) is 5.92 Å². The molecule has 1 aromatic heterocycles. The number of carbonyl (C=O) groups excluding carboxylic acids is 3. The molecule has 33 heavy (non-hydrogen) atoms. The first-order valence-electron chi connectivity index (χ1n) is 10.9. The molecule has 0 saturated heterocycles. The monoisotopic (exact) mass is 447 g/mol. The minimum atomic E-state index is -0.364. The highest BCUT2D eigenvalue weighted by atomic mass is 19.1. The minimum Gasteiger partial charge on any atom is -0.356 e. The van der Waals surface area contributed by atoms with E-state index < -0.39 is 0 Å². The summed E-state index contributed by atoms with van der Waals surface area (Å²) in [6.45, 7) is 4.95. The van der Waals surface area contributed by atoms with Crippen LogP contribution in [0.4, 0.5) is 4.39 Å². The van der Waals surface area contributed by atoms with Gasteiger partial charge in [0.2, 0.25) is 0 Å². The summed E-state index contributed by atoms with van der Waals surface area (Å²) in [5.41, 5.74) is 3.20. The van der Waals surface area contributed by atoms with Crippen LogP contribution in [0.3, 0.4) is 0 Å². The predicted molar refractivity (Wildman–Crippen MR) is 117 cm³/mol. The molecule has 2 aliphatic heterocycles. The first-order chi connectivity index (χ1) is 15.8. The zero-order chi connectivity index (χ0) is 23.3. The highest BCUT2D eigenvalue weighted by Crippen LogP contribution is 2.32. The fourth-order valence-electron chi connectivity index (χ4n) is 4.35. The summed E-state index contributed by atoms with van der Waals surface area (Å²) < 4.78 is 18.8. The molecule has 0 atom stereocenters. The van der Waals surface area contributed by atoms with Crippen LogP contribution in [-0.4, -0.2) is 45.8 Å². The quantitative estimate of drug-likeness (QED) is 0.566. The van der Waals surface area contributed by atoms with Crippen molar-refractivity contribution in [2.45, 2.75) is 26.8 Å². The number of fused-ring (bicyclic) bond motifs is 2. The van der Waals surface area contributed by atoms with Crippen LogP contribution in [-0.2, 0) is 13.0 Å². The van der Waals surface area contributed by atoms with E-state index in [9.17, 15) is 18.8 Å². The number of rotatable bonds is 4. The molecule has 3 amide bonds. The molecule has 2 aromatic carbocycles. The zero-order valence-electron chi connectivity index (χ0n) is 18.3. The molecule has 0 saturated carbocycles. The van der Waals surface area contributed by atoms with Crippen LogP contribution in [0.15, 0.2) is 47.0 Å². The Morgan fingerprint density at radius 3 is 2.55 bits per heavy atom. The van der Waals surface area contributed by atoms with Crippen molar-refractivity contribution in [1.82, 2.24) is 15.0 Å². The lowest BCUT2D eigenvalue weighted by molar-refractivity contribution is 0.0635. The van der Waals surface area contributed by atoms with E-state index in [1.165, 1.54) is 23.1 Å². The number of aromatic nitrogens is 1. The van der Waals surface area contributed by atoms with E-state index in [1.54, 1.807) is 29.2 Å². The Balaban J connectivity index is 1.40. The van der Waals surface area contributed by atoms with E-state index in [-0.39, 0.29) is 41.6 Å². The van der Waals surface area contributed by atoms with E-state index >= 15 is 0 Å². The van der Waals surface area contributed by atoms with Gasteiger partial charge in [-0.3, -0.25) is 19.3 Å². The standard InChI is InChI=1S/C25H22FN3O4/c1-14(2)12-29-24(31)18-8-5-16(11-19(18)25(29)32)23(30)28-10-9-21-20(13-28)22(33-27-21)15-3-6-17(26)7-4-15/h3-8,11,14H,9-10,12-13H2,1-2H3. The van der Waals surface area contributed by atoms with Crippen LogP contribution >= 0.6 is 0 Å². The van der Waals surface area contributed by atoms with Gasteiger partial charge in [0.1, 0.15) is 5.82 Å². The number of carbonyl (C=O) groups is 3. The second kappa shape index (κ2) is 7.95. The number of hydrogen-bond donors (Lipinski definition) is 0. The smallest absolute Gasteiger partial charge is 0.261 e. The highest BCUT2D eigenvalue weighted by Gasteiger charge is 2.37. The van der Waals surface area contributed by atoms with Crippen LogP contribution in [0.2, 0.25) is 0 Å². The van der Waals surface area contributed by atoms with E-state index in [0.29, 0.717) is 42.0 Å². The van der Waals surface area contributed by atoms with Crippen molar-refractivity contribution < 1.29 is 23.3 Å². The molecule has 5 rings (SSSR count). The van der Waals surface area contributed by atoms with Crippen LogP contribution in [0, 0.1) is 11.7 Å². The molecule has 0 fully saturated rings. The Labute approximate surface area is 189 Å². The van der Waals surface area contributed by atoms with Gasteiger partial charge < -0.3 is 9.42 Å². The first kappa shape index (κ1) is 21.1. The van der Waals surface area contributed by atoms with Crippen molar-refractivity contribution in [2.75, 3.05) is 13.1 Å². The van der Waals surface area contributed by atoms with Gasteiger partial charge in [0.25, 0.3) is 17.7 Å². The summed E-state index contributed by atoms with van der Waals surface area (Å²) in [6.07, 6.45) is 0.524. The molecule has 0 spiro atoms. The number of amides is 3. The maximum absolute atomic E-state index is 13.3. The molecule has 2 aliphatic rings. The fraction of sp³-hybridized carbons (Fsp3) is 0.280. The van der Waals surface area contributed by atoms with Gasteiger partial charge in [-0.05, 0) is 48.4 Å². The molecule has 0 N–H and O–H groups in total. The van der Waals surface area contributed by atoms with Gasteiger partial charge >= 0.3 is 0 Å². The number of hydrogen-bond acceptors (Lipinski definition) is 5. The maximum Gasteiger partial charge on any atom is 0.261 e. The molecule has 0 aliphatic carbocycles. The second-order valence-corrected chi connectivity index (χ2v) is 8.80. The van der Waals surface area contributed by atoms with Gasteiger partial charge in [0.05, 0.1) is 23.4 Å². The molecular weight excluding hydrogens is 425 g/mol. The van der Waals surface area contributed by atoms with E-state index in [1.807, 2.05) is 13.8 Å². The number of imide groups is 1. The number of halogens is 1. The summed E-state index contributed by atoms with van der Waals surface area (Å²) in [5.74, 6) is -0.607. The molecule has 7 nitrogen and oxygen atoms in total. The van der Waals surface area contributed by atoms with Crippen molar-refractivity contribution in [3.63, 3.8) is 0 Å². The van der Waals surface area contributed by atoms with Crippen LogP contribution in [0.5, 0.6) is 0 Å². The van der Waals surface area contributed by atoms with Crippen LogP contribution < -0.4 is 0 Å². The van der Waals surface area contributed by atoms with E-state index in [4.69, 9.17) is 4.52 Å². The first-order valence-corrected chi connectivity index (χ1v) is 10.9.